The predicted molar refractivity (Wildman–Crippen MR) is 79.2 cm³/mol. The average Bonchev–Trinajstić information content (AvgIpc) is 3.17. The van der Waals surface area contributed by atoms with Crippen LogP contribution in [0.15, 0.2) is 30.3 Å². The largest absolute Gasteiger partial charge is 0.372 e. The van der Waals surface area contributed by atoms with Crippen LogP contribution in [0.2, 0.25) is 0 Å². The van der Waals surface area contributed by atoms with Crippen LogP contribution in [0.3, 0.4) is 0 Å². The number of benzene rings is 1. The van der Waals surface area contributed by atoms with Gasteiger partial charge in [0.05, 0.1) is 0 Å². The molecule has 2 rings (SSSR count). The summed E-state index contributed by atoms with van der Waals surface area (Å²) in [4.78, 5) is 14.0. The van der Waals surface area contributed by atoms with E-state index in [-0.39, 0.29) is 11.8 Å². The van der Waals surface area contributed by atoms with E-state index in [0.29, 0.717) is 5.92 Å². The molecule has 104 valence electrons. The monoisotopic (exact) mass is 260 g/mol. The third-order valence-corrected chi connectivity index (χ3v) is 3.85. The lowest BCUT2D eigenvalue weighted by molar-refractivity contribution is -0.122. The molecule has 1 N–H and O–H groups in total. The number of rotatable bonds is 7. The molecule has 0 spiro atoms. The van der Waals surface area contributed by atoms with E-state index in [4.69, 9.17) is 0 Å². The molecule has 1 fully saturated rings. The number of carbonyl (C=O) groups is 1. The van der Waals surface area contributed by atoms with Crippen molar-refractivity contribution in [2.75, 3.05) is 24.5 Å². The molecule has 0 aliphatic heterocycles. The number of para-hydroxylation sites is 1. The van der Waals surface area contributed by atoms with Crippen LogP contribution in [-0.2, 0) is 4.79 Å². The van der Waals surface area contributed by atoms with Gasteiger partial charge in [-0.3, -0.25) is 4.79 Å². The van der Waals surface area contributed by atoms with Gasteiger partial charge in [0.25, 0.3) is 0 Å². The molecule has 1 saturated carbocycles. The fourth-order valence-electron chi connectivity index (χ4n) is 2.41. The van der Waals surface area contributed by atoms with Crippen molar-refractivity contribution in [3.8, 4) is 0 Å². The molecule has 0 radical (unpaired) electrons. The molecule has 1 aromatic rings. The summed E-state index contributed by atoms with van der Waals surface area (Å²) >= 11 is 0. The zero-order chi connectivity index (χ0) is 13.7. The molecule has 1 aliphatic rings. The van der Waals surface area contributed by atoms with E-state index < -0.39 is 0 Å². The standard InChI is InChI=1S/C16H24N2O/c1-3-18(14-8-5-4-6-9-14)11-7-10-17-16(19)15-12-13(15)2/h4-6,8-9,13,15H,3,7,10-12H2,1-2H3,(H,17,19). The molecule has 0 saturated heterocycles. The molecule has 19 heavy (non-hydrogen) atoms. The van der Waals surface area contributed by atoms with Gasteiger partial charge in [-0.2, -0.15) is 0 Å². The molecule has 1 aliphatic carbocycles. The lowest BCUT2D eigenvalue weighted by atomic mass is 10.2. The van der Waals surface area contributed by atoms with Gasteiger partial charge >= 0.3 is 0 Å². The number of hydrogen-bond donors (Lipinski definition) is 1. The Morgan fingerprint density at radius 1 is 1.37 bits per heavy atom. The van der Waals surface area contributed by atoms with Gasteiger partial charge in [0.2, 0.25) is 5.91 Å². The summed E-state index contributed by atoms with van der Waals surface area (Å²) in [5, 5.41) is 3.04. The highest BCUT2D eigenvalue weighted by atomic mass is 16.2. The Hall–Kier alpha value is -1.51. The van der Waals surface area contributed by atoms with E-state index in [0.717, 1.165) is 32.5 Å². The smallest absolute Gasteiger partial charge is 0.223 e. The molecular formula is C16H24N2O. The van der Waals surface area contributed by atoms with Crippen molar-refractivity contribution in [3.63, 3.8) is 0 Å². The lowest BCUT2D eigenvalue weighted by Crippen LogP contribution is -2.30. The zero-order valence-electron chi connectivity index (χ0n) is 11.9. The van der Waals surface area contributed by atoms with Crippen LogP contribution in [0.4, 0.5) is 5.69 Å². The molecule has 2 atom stereocenters. The number of nitrogens with zero attached hydrogens (tertiary/aromatic N) is 1. The fraction of sp³-hybridized carbons (Fsp3) is 0.562. The summed E-state index contributed by atoms with van der Waals surface area (Å²) in [6.07, 6.45) is 2.06. The Kier molecular flexibility index (Phi) is 4.83. The maximum Gasteiger partial charge on any atom is 0.223 e. The lowest BCUT2D eigenvalue weighted by Gasteiger charge is -2.23. The van der Waals surface area contributed by atoms with E-state index in [9.17, 15) is 4.79 Å². The maximum absolute atomic E-state index is 11.7. The number of anilines is 1. The quantitative estimate of drug-likeness (QED) is 0.764. The van der Waals surface area contributed by atoms with E-state index >= 15 is 0 Å². The minimum atomic E-state index is 0.246. The summed E-state index contributed by atoms with van der Waals surface area (Å²) in [5.74, 6) is 1.13. The van der Waals surface area contributed by atoms with Crippen molar-refractivity contribution >= 4 is 11.6 Å². The Morgan fingerprint density at radius 3 is 2.63 bits per heavy atom. The summed E-state index contributed by atoms with van der Waals surface area (Å²) in [6.45, 7) is 7.07. The minimum Gasteiger partial charge on any atom is -0.372 e. The highest BCUT2D eigenvalue weighted by molar-refractivity contribution is 5.81. The van der Waals surface area contributed by atoms with Crippen molar-refractivity contribution in [1.82, 2.24) is 5.32 Å². The topological polar surface area (TPSA) is 32.3 Å². The van der Waals surface area contributed by atoms with Crippen LogP contribution < -0.4 is 10.2 Å². The van der Waals surface area contributed by atoms with Crippen LogP contribution in [0, 0.1) is 11.8 Å². The molecule has 0 bridgehead atoms. The first-order valence-electron chi connectivity index (χ1n) is 7.30. The normalized spacial score (nSPS) is 20.9. The second-order valence-corrected chi connectivity index (χ2v) is 5.38. The first-order valence-corrected chi connectivity index (χ1v) is 7.30. The summed E-state index contributed by atoms with van der Waals surface area (Å²) in [7, 11) is 0. The van der Waals surface area contributed by atoms with Crippen molar-refractivity contribution in [2.45, 2.75) is 26.7 Å². The van der Waals surface area contributed by atoms with Crippen LogP contribution in [-0.4, -0.2) is 25.5 Å². The SMILES string of the molecule is CCN(CCCNC(=O)C1CC1C)c1ccccc1. The van der Waals surface area contributed by atoms with Gasteiger partial charge in [-0.25, -0.2) is 0 Å². The summed E-state index contributed by atoms with van der Waals surface area (Å²) in [5.41, 5.74) is 1.26. The molecule has 1 amide bonds. The van der Waals surface area contributed by atoms with Crippen LogP contribution in [0.25, 0.3) is 0 Å². The van der Waals surface area contributed by atoms with Crippen molar-refractivity contribution in [2.24, 2.45) is 11.8 Å². The van der Waals surface area contributed by atoms with Gasteiger partial charge in [0.1, 0.15) is 0 Å². The number of amides is 1. The number of hydrogen-bond acceptors (Lipinski definition) is 2. The first-order chi connectivity index (χ1) is 9.22. The van der Waals surface area contributed by atoms with Gasteiger partial charge in [-0.05, 0) is 37.8 Å². The second kappa shape index (κ2) is 6.60. The molecule has 3 nitrogen and oxygen atoms in total. The van der Waals surface area contributed by atoms with E-state index in [1.807, 2.05) is 6.07 Å². The molecule has 3 heteroatoms. The first kappa shape index (κ1) is 13.9. The van der Waals surface area contributed by atoms with E-state index in [1.165, 1.54) is 5.69 Å². The van der Waals surface area contributed by atoms with E-state index in [2.05, 4.69) is 48.3 Å². The molecule has 0 heterocycles. The zero-order valence-corrected chi connectivity index (χ0v) is 11.9. The third-order valence-electron chi connectivity index (χ3n) is 3.85. The van der Waals surface area contributed by atoms with Gasteiger partial charge in [0.15, 0.2) is 0 Å². The third kappa shape index (κ3) is 3.98. The average molecular weight is 260 g/mol. The van der Waals surface area contributed by atoms with Crippen molar-refractivity contribution in [3.05, 3.63) is 30.3 Å². The number of carbonyl (C=O) groups excluding carboxylic acids is 1. The Bertz CT molecular complexity index is 404. The second-order valence-electron chi connectivity index (χ2n) is 5.38. The Labute approximate surface area is 116 Å². The highest BCUT2D eigenvalue weighted by Crippen LogP contribution is 2.37. The minimum absolute atomic E-state index is 0.246. The number of nitrogens with one attached hydrogen (secondary N) is 1. The van der Waals surface area contributed by atoms with Crippen molar-refractivity contribution in [1.29, 1.82) is 0 Å². The predicted octanol–water partition coefficient (Wildman–Crippen LogP) is 2.68. The highest BCUT2D eigenvalue weighted by Gasteiger charge is 2.38. The molecule has 1 aromatic carbocycles. The molecule has 2 unspecified atom stereocenters. The Morgan fingerprint density at radius 2 is 2.05 bits per heavy atom. The summed E-state index contributed by atoms with van der Waals surface area (Å²) in [6, 6.07) is 10.4. The molecular weight excluding hydrogens is 236 g/mol. The van der Waals surface area contributed by atoms with E-state index in [1.54, 1.807) is 0 Å². The van der Waals surface area contributed by atoms with Crippen LogP contribution in [0.5, 0.6) is 0 Å². The van der Waals surface area contributed by atoms with Gasteiger partial charge < -0.3 is 10.2 Å². The van der Waals surface area contributed by atoms with Gasteiger partial charge in [-0.15, -0.1) is 0 Å². The van der Waals surface area contributed by atoms with Gasteiger partial charge in [-0.1, -0.05) is 25.1 Å². The fourth-order valence-corrected chi connectivity index (χ4v) is 2.41. The van der Waals surface area contributed by atoms with Crippen LogP contribution in [0.1, 0.15) is 26.7 Å². The Balaban J connectivity index is 1.68. The maximum atomic E-state index is 11.7. The molecule has 0 aromatic heterocycles. The van der Waals surface area contributed by atoms with Gasteiger partial charge in [0, 0.05) is 31.2 Å². The summed E-state index contributed by atoms with van der Waals surface area (Å²) < 4.78 is 0. The van der Waals surface area contributed by atoms with Crippen LogP contribution >= 0.6 is 0 Å². The van der Waals surface area contributed by atoms with Crippen molar-refractivity contribution < 1.29 is 4.79 Å².